The van der Waals surface area contributed by atoms with Gasteiger partial charge in [-0.25, -0.2) is 4.99 Å². The minimum absolute atomic E-state index is 0.0347. The highest BCUT2D eigenvalue weighted by molar-refractivity contribution is 6.19. The highest BCUT2D eigenvalue weighted by Crippen LogP contribution is 2.52. The van der Waals surface area contributed by atoms with Crippen LogP contribution in [0.25, 0.3) is 11.6 Å². The van der Waals surface area contributed by atoms with Gasteiger partial charge in [0.15, 0.2) is 0 Å². The molecule has 0 unspecified atom stereocenters. The summed E-state index contributed by atoms with van der Waals surface area (Å²) < 4.78 is 46.0. The Hall–Kier alpha value is -4.54. The van der Waals surface area contributed by atoms with Crippen molar-refractivity contribution in [2.24, 2.45) is 10.9 Å². The number of aromatic nitrogens is 3. The molecule has 0 saturated heterocycles. The summed E-state index contributed by atoms with van der Waals surface area (Å²) in [5.41, 5.74) is 2.57. The summed E-state index contributed by atoms with van der Waals surface area (Å²) in [6, 6.07) is 17.8. The molecule has 6 rings (SSSR count). The Morgan fingerprint density at radius 1 is 1.08 bits per heavy atom. The Balaban J connectivity index is 1.33. The zero-order valence-corrected chi connectivity index (χ0v) is 20.7. The monoisotopic (exact) mass is 532 g/mol. The standard InChI is InChI=1S/C28H23F3N6O2/c1-2-15-12-19(15)20-13-17(28(29,30)31)14-32-23(20)26-36-37-27(39-26)35-24-25(38)33-21-11-7-6-10-18(21)22(34-24)16-8-4-3-5-9-16/h3-11,13-15,19,24H,2,12H2,1H3,(H,33,38)(H,35,37)/t15-,19-,24-/m1/s1. The highest BCUT2D eigenvalue weighted by atomic mass is 19.4. The maximum Gasteiger partial charge on any atom is 0.417 e. The number of nitrogens with one attached hydrogen (secondary N) is 2. The van der Waals surface area contributed by atoms with Crippen molar-refractivity contribution in [2.45, 2.75) is 38.0 Å². The van der Waals surface area contributed by atoms with Crippen LogP contribution < -0.4 is 10.6 Å². The van der Waals surface area contributed by atoms with Gasteiger partial charge in [-0.3, -0.25) is 9.78 Å². The highest BCUT2D eigenvalue weighted by Gasteiger charge is 2.41. The number of fused-ring (bicyclic) bond motifs is 1. The largest absolute Gasteiger partial charge is 0.417 e. The second-order valence-corrected chi connectivity index (χ2v) is 9.51. The van der Waals surface area contributed by atoms with Gasteiger partial charge in [0.25, 0.3) is 11.8 Å². The Labute approximate surface area is 221 Å². The summed E-state index contributed by atoms with van der Waals surface area (Å²) in [7, 11) is 0. The van der Waals surface area contributed by atoms with Gasteiger partial charge in [0.2, 0.25) is 6.17 Å². The van der Waals surface area contributed by atoms with Crippen LogP contribution >= 0.6 is 0 Å². The van der Waals surface area contributed by atoms with Gasteiger partial charge in [-0.05, 0) is 36.0 Å². The molecule has 11 heteroatoms. The Bertz CT molecular complexity index is 1570. The lowest BCUT2D eigenvalue weighted by Gasteiger charge is -2.12. The topological polar surface area (TPSA) is 105 Å². The summed E-state index contributed by atoms with van der Waals surface area (Å²) in [5.74, 6) is -0.262. The van der Waals surface area contributed by atoms with E-state index < -0.39 is 23.8 Å². The van der Waals surface area contributed by atoms with E-state index in [1.807, 2.05) is 55.5 Å². The van der Waals surface area contributed by atoms with E-state index in [1.54, 1.807) is 6.07 Å². The summed E-state index contributed by atoms with van der Waals surface area (Å²) in [4.78, 5) is 21.8. The summed E-state index contributed by atoms with van der Waals surface area (Å²) in [6.45, 7) is 2.00. The number of hydrogen-bond acceptors (Lipinski definition) is 7. The number of benzodiazepines with no additional fused rings is 1. The average molecular weight is 533 g/mol. The van der Waals surface area contributed by atoms with Crippen LogP contribution in [0, 0.1) is 5.92 Å². The van der Waals surface area contributed by atoms with Gasteiger partial charge in [-0.15, -0.1) is 5.10 Å². The number of para-hydroxylation sites is 1. The quantitative estimate of drug-likeness (QED) is 0.321. The predicted octanol–water partition coefficient (Wildman–Crippen LogP) is 5.89. The van der Waals surface area contributed by atoms with Crippen molar-refractivity contribution < 1.29 is 22.4 Å². The molecule has 1 aliphatic heterocycles. The first-order valence-electron chi connectivity index (χ1n) is 12.5. The van der Waals surface area contributed by atoms with Crippen LogP contribution in [0.1, 0.15) is 47.9 Å². The predicted molar refractivity (Wildman–Crippen MR) is 138 cm³/mol. The van der Waals surface area contributed by atoms with E-state index in [1.165, 1.54) is 0 Å². The first-order valence-corrected chi connectivity index (χ1v) is 12.5. The lowest BCUT2D eigenvalue weighted by molar-refractivity contribution is -0.137. The Morgan fingerprint density at radius 2 is 1.85 bits per heavy atom. The number of rotatable bonds is 6. The molecule has 2 aromatic carbocycles. The molecule has 2 N–H and O–H groups in total. The number of carbonyl (C=O) groups is 1. The zero-order valence-electron chi connectivity index (χ0n) is 20.7. The lowest BCUT2D eigenvalue weighted by atomic mass is 10.0. The van der Waals surface area contributed by atoms with Gasteiger partial charge in [-0.1, -0.05) is 67.0 Å². The molecular weight excluding hydrogens is 509 g/mol. The molecule has 2 aromatic heterocycles. The van der Waals surface area contributed by atoms with E-state index in [4.69, 9.17) is 4.42 Å². The molecule has 8 nitrogen and oxygen atoms in total. The number of amides is 1. The number of pyridine rings is 1. The third-order valence-electron chi connectivity index (χ3n) is 6.97. The Kier molecular flexibility index (Phi) is 6.13. The van der Waals surface area contributed by atoms with E-state index >= 15 is 0 Å². The maximum atomic E-state index is 13.4. The van der Waals surface area contributed by atoms with Crippen LogP contribution in [-0.2, 0) is 11.0 Å². The van der Waals surface area contributed by atoms with Gasteiger partial charge >= 0.3 is 12.2 Å². The van der Waals surface area contributed by atoms with Crippen molar-refractivity contribution >= 4 is 23.3 Å². The van der Waals surface area contributed by atoms with Crippen molar-refractivity contribution in [3.05, 3.63) is 89.1 Å². The van der Waals surface area contributed by atoms with Crippen LogP contribution in [-0.4, -0.2) is 33.0 Å². The number of carbonyl (C=O) groups excluding carboxylic acids is 1. The molecule has 4 aromatic rings. The minimum Gasteiger partial charge on any atom is -0.402 e. The lowest BCUT2D eigenvalue weighted by Crippen LogP contribution is -2.32. The van der Waals surface area contributed by atoms with Crippen molar-refractivity contribution in [1.82, 2.24) is 15.2 Å². The third-order valence-corrected chi connectivity index (χ3v) is 6.97. The molecule has 1 amide bonds. The molecule has 3 heterocycles. The second kappa shape index (κ2) is 9.64. The van der Waals surface area contributed by atoms with Gasteiger partial charge in [0.1, 0.15) is 5.69 Å². The van der Waals surface area contributed by atoms with Gasteiger partial charge < -0.3 is 15.1 Å². The number of benzene rings is 2. The van der Waals surface area contributed by atoms with Crippen molar-refractivity contribution in [2.75, 3.05) is 10.6 Å². The van der Waals surface area contributed by atoms with E-state index in [9.17, 15) is 18.0 Å². The van der Waals surface area contributed by atoms with Crippen LogP contribution in [0.4, 0.5) is 24.9 Å². The molecule has 3 atom stereocenters. The van der Waals surface area contributed by atoms with Crippen molar-refractivity contribution in [3.8, 4) is 11.6 Å². The molecule has 0 bridgehead atoms. The summed E-state index contributed by atoms with van der Waals surface area (Å²) in [6.07, 6.45) is -3.25. The number of hydrogen-bond donors (Lipinski definition) is 2. The average Bonchev–Trinajstić information content (AvgIpc) is 3.61. The van der Waals surface area contributed by atoms with Crippen LogP contribution in [0.3, 0.4) is 0 Å². The first kappa shape index (κ1) is 24.8. The maximum absolute atomic E-state index is 13.4. The van der Waals surface area contributed by atoms with E-state index in [0.717, 1.165) is 36.2 Å². The van der Waals surface area contributed by atoms with Gasteiger partial charge in [-0.2, -0.15) is 13.2 Å². The smallest absolute Gasteiger partial charge is 0.402 e. The fraction of sp³-hybridized carbons (Fsp3) is 0.250. The van der Waals surface area contributed by atoms with Crippen LogP contribution in [0.2, 0.25) is 0 Å². The second-order valence-electron chi connectivity index (χ2n) is 9.51. The van der Waals surface area contributed by atoms with Gasteiger partial charge in [0, 0.05) is 17.3 Å². The third kappa shape index (κ3) is 4.87. The molecule has 198 valence electrons. The summed E-state index contributed by atoms with van der Waals surface area (Å²) in [5, 5.41) is 13.8. The van der Waals surface area contributed by atoms with Gasteiger partial charge in [0.05, 0.1) is 17.0 Å². The van der Waals surface area contributed by atoms with E-state index in [0.29, 0.717) is 17.0 Å². The molecule has 1 saturated carbocycles. The van der Waals surface area contributed by atoms with Crippen LogP contribution in [0.15, 0.2) is 76.3 Å². The summed E-state index contributed by atoms with van der Waals surface area (Å²) >= 11 is 0. The van der Waals surface area contributed by atoms with Crippen LogP contribution in [0.5, 0.6) is 0 Å². The fourth-order valence-electron chi connectivity index (χ4n) is 4.85. The molecule has 1 fully saturated rings. The zero-order chi connectivity index (χ0) is 27.1. The van der Waals surface area contributed by atoms with Crippen molar-refractivity contribution in [1.29, 1.82) is 0 Å². The van der Waals surface area contributed by atoms with E-state index in [-0.39, 0.29) is 29.4 Å². The molecule has 2 aliphatic rings. The number of anilines is 2. The molecule has 1 aliphatic carbocycles. The SMILES string of the molecule is CC[C@@H]1C[C@H]1c1cc(C(F)(F)F)cnc1-c1nnc(N[C@H]2N=C(c3ccccc3)c3ccccc3NC2=O)o1. The van der Waals surface area contributed by atoms with Crippen molar-refractivity contribution in [3.63, 3.8) is 0 Å². The molecule has 0 spiro atoms. The molecule has 0 radical (unpaired) electrons. The number of halogens is 3. The first-order chi connectivity index (χ1) is 18.8. The molecular formula is C28H23F3N6O2. The minimum atomic E-state index is -4.52. The molecule has 39 heavy (non-hydrogen) atoms. The number of alkyl halides is 3. The Morgan fingerprint density at radius 3 is 2.59 bits per heavy atom. The normalized spacial score (nSPS) is 20.5. The number of aliphatic imine (C=N–C) groups is 1. The number of nitrogens with zero attached hydrogens (tertiary/aromatic N) is 4. The fourth-order valence-corrected chi connectivity index (χ4v) is 4.85. The van der Waals surface area contributed by atoms with E-state index in [2.05, 4.69) is 30.8 Å².